The van der Waals surface area contributed by atoms with Crippen molar-refractivity contribution in [1.82, 2.24) is 10.6 Å². The smallest absolute Gasteiger partial charge is 0.251 e. The Kier molecular flexibility index (Phi) is 6.95. The monoisotopic (exact) mass is 362 g/mol. The summed E-state index contributed by atoms with van der Waals surface area (Å²) in [6.07, 6.45) is 0.983. The maximum Gasteiger partial charge on any atom is 0.251 e. The molecule has 0 radical (unpaired) electrons. The third-order valence-electron chi connectivity index (χ3n) is 3.72. The fraction of sp³-hybridized carbons (Fsp3) is 0.263. The van der Waals surface area contributed by atoms with Gasteiger partial charge in [-0.1, -0.05) is 29.8 Å². The molecule has 0 fully saturated rings. The molecule has 0 bridgehead atoms. The van der Waals surface area contributed by atoms with Crippen molar-refractivity contribution < 1.29 is 14.0 Å². The van der Waals surface area contributed by atoms with E-state index in [4.69, 9.17) is 11.6 Å². The van der Waals surface area contributed by atoms with E-state index in [1.54, 1.807) is 31.2 Å². The number of hydrogen-bond acceptors (Lipinski definition) is 2. The highest BCUT2D eigenvalue weighted by molar-refractivity contribution is 6.30. The molecule has 0 heterocycles. The Bertz CT molecular complexity index is 748. The van der Waals surface area contributed by atoms with Gasteiger partial charge < -0.3 is 10.6 Å². The number of nitrogens with one attached hydrogen (secondary N) is 2. The van der Waals surface area contributed by atoms with E-state index in [2.05, 4.69) is 10.6 Å². The molecule has 2 amide bonds. The van der Waals surface area contributed by atoms with Crippen LogP contribution in [0.15, 0.2) is 42.5 Å². The van der Waals surface area contributed by atoms with Crippen molar-refractivity contribution in [2.45, 2.75) is 19.8 Å². The summed E-state index contributed by atoms with van der Waals surface area (Å²) in [5, 5.41) is 6.05. The van der Waals surface area contributed by atoms with Gasteiger partial charge in [-0.05, 0) is 48.7 Å². The van der Waals surface area contributed by atoms with Crippen LogP contribution in [-0.2, 0) is 11.2 Å². The highest BCUT2D eigenvalue weighted by Crippen LogP contribution is 2.11. The van der Waals surface area contributed by atoms with Crippen LogP contribution in [0.25, 0.3) is 0 Å². The Balaban J connectivity index is 1.66. The van der Waals surface area contributed by atoms with E-state index in [9.17, 15) is 14.0 Å². The molecule has 2 aromatic carbocycles. The second-order valence-electron chi connectivity index (χ2n) is 5.70. The van der Waals surface area contributed by atoms with Gasteiger partial charge in [0.05, 0.1) is 0 Å². The molecule has 2 N–H and O–H groups in total. The van der Waals surface area contributed by atoms with Crippen LogP contribution in [0.4, 0.5) is 4.39 Å². The van der Waals surface area contributed by atoms with E-state index in [0.717, 1.165) is 5.56 Å². The summed E-state index contributed by atoms with van der Waals surface area (Å²) in [6, 6.07) is 11.7. The molecule has 0 aliphatic heterocycles. The number of carbonyl (C=O) groups is 2. The summed E-state index contributed by atoms with van der Waals surface area (Å²) in [4.78, 5) is 23.7. The van der Waals surface area contributed by atoms with E-state index in [1.165, 1.54) is 6.07 Å². The molecular weight excluding hydrogens is 343 g/mol. The zero-order valence-corrected chi connectivity index (χ0v) is 14.7. The molecular formula is C19H20ClFN2O2. The topological polar surface area (TPSA) is 58.2 Å². The van der Waals surface area contributed by atoms with Crippen molar-refractivity contribution in [3.8, 4) is 0 Å². The first kappa shape index (κ1) is 18.9. The minimum Gasteiger partial charge on any atom is -0.354 e. The lowest BCUT2D eigenvalue weighted by atomic mass is 10.1. The number of amides is 2. The van der Waals surface area contributed by atoms with Crippen molar-refractivity contribution >= 4 is 23.4 Å². The predicted molar refractivity (Wildman–Crippen MR) is 96.3 cm³/mol. The molecule has 0 spiro atoms. The van der Waals surface area contributed by atoms with Crippen LogP contribution < -0.4 is 10.6 Å². The zero-order valence-electron chi connectivity index (χ0n) is 13.9. The van der Waals surface area contributed by atoms with E-state index in [1.807, 2.05) is 12.1 Å². The van der Waals surface area contributed by atoms with Crippen LogP contribution in [-0.4, -0.2) is 24.9 Å². The SMILES string of the molecule is Cc1ccc(C(=O)NCCNC(=O)CCc2ccc(Cl)cc2)cc1F. The van der Waals surface area contributed by atoms with Gasteiger partial charge in [-0.15, -0.1) is 0 Å². The van der Waals surface area contributed by atoms with Gasteiger partial charge in [0.1, 0.15) is 5.82 Å². The largest absolute Gasteiger partial charge is 0.354 e. The van der Waals surface area contributed by atoms with Crippen LogP contribution in [0, 0.1) is 12.7 Å². The zero-order chi connectivity index (χ0) is 18.2. The molecule has 4 nitrogen and oxygen atoms in total. The molecule has 0 aliphatic carbocycles. The second kappa shape index (κ2) is 9.18. The maximum absolute atomic E-state index is 13.4. The Morgan fingerprint density at radius 2 is 1.72 bits per heavy atom. The van der Waals surface area contributed by atoms with Gasteiger partial charge in [-0.2, -0.15) is 0 Å². The molecule has 25 heavy (non-hydrogen) atoms. The molecule has 0 unspecified atom stereocenters. The molecule has 0 atom stereocenters. The Hall–Kier alpha value is -2.40. The lowest BCUT2D eigenvalue weighted by Gasteiger charge is -2.08. The number of halogens is 2. The third-order valence-corrected chi connectivity index (χ3v) is 3.97. The second-order valence-corrected chi connectivity index (χ2v) is 6.13. The standard InChI is InChI=1S/C19H20ClFN2O2/c1-13-2-6-15(12-17(13)21)19(25)23-11-10-22-18(24)9-5-14-3-7-16(20)8-4-14/h2-4,6-8,12H,5,9-11H2,1H3,(H,22,24)(H,23,25). The van der Waals surface area contributed by atoms with Crippen molar-refractivity contribution in [2.24, 2.45) is 0 Å². The number of carbonyl (C=O) groups excluding carboxylic acids is 2. The average molecular weight is 363 g/mol. The molecule has 132 valence electrons. The van der Waals surface area contributed by atoms with Gasteiger partial charge in [-0.3, -0.25) is 9.59 Å². The fourth-order valence-corrected chi connectivity index (χ4v) is 2.34. The van der Waals surface area contributed by atoms with Gasteiger partial charge in [0.25, 0.3) is 5.91 Å². The van der Waals surface area contributed by atoms with Crippen molar-refractivity contribution in [2.75, 3.05) is 13.1 Å². The molecule has 2 aromatic rings. The first-order chi connectivity index (χ1) is 12.0. The van der Waals surface area contributed by atoms with Crippen molar-refractivity contribution in [1.29, 1.82) is 0 Å². The molecule has 6 heteroatoms. The predicted octanol–water partition coefficient (Wildman–Crippen LogP) is 3.27. The highest BCUT2D eigenvalue weighted by Gasteiger charge is 2.08. The molecule has 2 rings (SSSR count). The van der Waals surface area contributed by atoms with Crippen molar-refractivity contribution in [3.05, 3.63) is 70.0 Å². The van der Waals surface area contributed by atoms with Gasteiger partial charge >= 0.3 is 0 Å². The molecule has 0 aliphatic rings. The summed E-state index contributed by atoms with van der Waals surface area (Å²) >= 11 is 5.81. The Morgan fingerprint density at radius 3 is 2.40 bits per heavy atom. The van der Waals surface area contributed by atoms with Gasteiger partial charge in [0.15, 0.2) is 0 Å². The van der Waals surface area contributed by atoms with Crippen molar-refractivity contribution in [3.63, 3.8) is 0 Å². The average Bonchev–Trinajstić information content (AvgIpc) is 2.60. The van der Waals surface area contributed by atoms with Crippen LogP contribution in [0.2, 0.25) is 5.02 Å². The first-order valence-corrected chi connectivity index (χ1v) is 8.39. The van der Waals surface area contributed by atoms with E-state index < -0.39 is 5.82 Å². The van der Waals surface area contributed by atoms with Crippen LogP contribution in [0.3, 0.4) is 0 Å². The Morgan fingerprint density at radius 1 is 1.04 bits per heavy atom. The molecule has 0 saturated carbocycles. The minimum absolute atomic E-state index is 0.0921. The van der Waals surface area contributed by atoms with Crippen LogP contribution in [0.1, 0.15) is 27.9 Å². The van der Waals surface area contributed by atoms with Gasteiger partial charge in [-0.25, -0.2) is 4.39 Å². The molecule has 0 saturated heterocycles. The van der Waals surface area contributed by atoms with E-state index in [0.29, 0.717) is 30.0 Å². The van der Waals surface area contributed by atoms with E-state index in [-0.39, 0.29) is 23.9 Å². The summed E-state index contributed by atoms with van der Waals surface area (Å²) in [7, 11) is 0. The quantitative estimate of drug-likeness (QED) is 0.743. The van der Waals surface area contributed by atoms with Gasteiger partial charge in [0, 0.05) is 30.1 Å². The fourth-order valence-electron chi connectivity index (χ4n) is 2.21. The lowest BCUT2D eigenvalue weighted by Crippen LogP contribution is -2.34. The number of benzene rings is 2. The number of rotatable bonds is 7. The lowest BCUT2D eigenvalue weighted by molar-refractivity contribution is -0.121. The highest BCUT2D eigenvalue weighted by atomic mass is 35.5. The number of hydrogen-bond donors (Lipinski definition) is 2. The van der Waals surface area contributed by atoms with Gasteiger partial charge in [0.2, 0.25) is 5.91 Å². The van der Waals surface area contributed by atoms with Crippen LogP contribution >= 0.6 is 11.6 Å². The third kappa shape index (κ3) is 6.19. The van der Waals surface area contributed by atoms with E-state index >= 15 is 0 Å². The summed E-state index contributed by atoms with van der Waals surface area (Å²) in [5.74, 6) is -0.872. The summed E-state index contributed by atoms with van der Waals surface area (Å²) in [6.45, 7) is 2.23. The summed E-state index contributed by atoms with van der Waals surface area (Å²) < 4.78 is 13.4. The first-order valence-electron chi connectivity index (χ1n) is 8.01. The molecule has 0 aromatic heterocycles. The summed E-state index contributed by atoms with van der Waals surface area (Å²) in [5.41, 5.74) is 1.79. The Labute approximate surface area is 151 Å². The minimum atomic E-state index is -0.414. The number of aryl methyl sites for hydroxylation is 2. The normalized spacial score (nSPS) is 10.4. The maximum atomic E-state index is 13.4. The van der Waals surface area contributed by atoms with Crippen LogP contribution in [0.5, 0.6) is 0 Å².